The van der Waals surface area contributed by atoms with Crippen LogP contribution < -0.4 is 4.74 Å². The van der Waals surface area contributed by atoms with E-state index in [0.29, 0.717) is 17.5 Å². The molecule has 1 aromatic heterocycles. The first-order chi connectivity index (χ1) is 14.6. The van der Waals surface area contributed by atoms with E-state index in [0.717, 1.165) is 33.5 Å². The van der Waals surface area contributed by atoms with E-state index >= 15 is 0 Å². The lowest BCUT2D eigenvalue weighted by Crippen LogP contribution is -2.06. The Bertz CT molecular complexity index is 1200. The van der Waals surface area contributed by atoms with Crippen molar-refractivity contribution in [2.45, 2.75) is 13.3 Å². The summed E-state index contributed by atoms with van der Waals surface area (Å²) in [4.78, 5) is 15.6. The third-order valence-corrected chi connectivity index (χ3v) is 5.10. The van der Waals surface area contributed by atoms with Gasteiger partial charge < -0.3 is 14.5 Å². The third kappa shape index (κ3) is 3.79. The first-order valence-corrected chi connectivity index (χ1v) is 9.80. The van der Waals surface area contributed by atoms with Crippen molar-refractivity contribution < 1.29 is 18.7 Å². The molecular formula is C25H22FNO3. The Morgan fingerprint density at radius 2 is 1.83 bits per heavy atom. The van der Waals surface area contributed by atoms with Gasteiger partial charge in [0.25, 0.3) is 0 Å². The number of rotatable bonds is 6. The molecule has 0 unspecified atom stereocenters. The molecule has 0 spiro atoms. The number of esters is 1. The van der Waals surface area contributed by atoms with Gasteiger partial charge in [-0.25, -0.2) is 9.18 Å². The van der Waals surface area contributed by atoms with Gasteiger partial charge in [0.15, 0.2) is 0 Å². The smallest absolute Gasteiger partial charge is 0.338 e. The Hall–Kier alpha value is -3.60. The molecule has 0 radical (unpaired) electrons. The van der Waals surface area contributed by atoms with Gasteiger partial charge in [0, 0.05) is 23.4 Å². The van der Waals surface area contributed by atoms with Gasteiger partial charge in [-0.1, -0.05) is 30.3 Å². The molecule has 0 amide bonds. The molecule has 5 heteroatoms. The summed E-state index contributed by atoms with van der Waals surface area (Å²) in [6.45, 7) is 2.02. The highest BCUT2D eigenvalue weighted by molar-refractivity contribution is 5.92. The molecule has 0 aliphatic carbocycles. The summed E-state index contributed by atoms with van der Waals surface area (Å²) in [6, 6.07) is 20.0. The molecule has 0 bridgehead atoms. The molecule has 4 aromatic rings. The molecule has 0 aliphatic rings. The second-order valence-electron chi connectivity index (χ2n) is 6.96. The number of fused-ring (bicyclic) bond motifs is 1. The molecule has 0 saturated carbocycles. The lowest BCUT2D eigenvalue weighted by molar-refractivity contribution is 0.0526. The monoisotopic (exact) mass is 403 g/mol. The Balaban J connectivity index is 1.84. The van der Waals surface area contributed by atoms with E-state index in [1.807, 2.05) is 48.5 Å². The van der Waals surface area contributed by atoms with Crippen LogP contribution in [0.2, 0.25) is 0 Å². The lowest BCUT2D eigenvalue weighted by atomic mass is 9.97. The normalized spacial score (nSPS) is 10.9. The van der Waals surface area contributed by atoms with Crippen molar-refractivity contribution in [2.75, 3.05) is 13.7 Å². The van der Waals surface area contributed by atoms with Gasteiger partial charge in [-0.3, -0.25) is 0 Å². The van der Waals surface area contributed by atoms with Gasteiger partial charge in [0.2, 0.25) is 0 Å². The number of hydrogen-bond acceptors (Lipinski definition) is 3. The van der Waals surface area contributed by atoms with Gasteiger partial charge in [-0.05, 0) is 53.9 Å². The van der Waals surface area contributed by atoms with E-state index < -0.39 is 5.97 Å². The molecule has 3 aromatic carbocycles. The lowest BCUT2D eigenvalue weighted by Gasteiger charge is -2.09. The van der Waals surface area contributed by atoms with Crippen molar-refractivity contribution in [2.24, 2.45) is 0 Å². The summed E-state index contributed by atoms with van der Waals surface area (Å²) in [7, 11) is 1.62. The van der Waals surface area contributed by atoms with Crippen LogP contribution in [-0.4, -0.2) is 24.7 Å². The molecule has 0 aliphatic heterocycles. The Kier molecular flexibility index (Phi) is 5.53. The standard InChI is InChI=1S/C25H22FNO3/c1-3-30-25(28)17-9-12-22(26)18(13-17)14-21-20-11-10-19(29-2)15-23(20)27-24(21)16-7-5-4-6-8-16/h4-13,15,27H,3,14H2,1-2H3. The van der Waals surface area contributed by atoms with Crippen LogP contribution in [0.3, 0.4) is 0 Å². The largest absolute Gasteiger partial charge is 0.497 e. The molecule has 1 N–H and O–H groups in total. The SMILES string of the molecule is CCOC(=O)c1ccc(F)c(Cc2c(-c3ccccc3)[nH]c3cc(OC)ccc23)c1. The summed E-state index contributed by atoms with van der Waals surface area (Å²) < 4.78 is 25.1. The molecule has 0 atom stereocenters. The number of carbonyl (C=O) groups is 1. The molecule has 152 valence electrons. The van der Waals surface area contributed by atoms with Crippen LogP contribution in [-0.2, 0) is 11.2 Å². The summed E-state index contributed by atoms with van der Waals surface area (Å²) in [5.41, 5.74) is 4.57. The quantitative estimate of drug-likeness (QED) is 0.417. The maximum Gasteiger partial charge on any atom is 0.338 e. The summed E-state index contributed by atoms with van der Waals surface area (Å²) in [5, 5.41) is 0.982. The Labute approximate surface area is 174 Å². The summed E-state index contributed by atoms with van der Waals surface area (Å²) >= 11 is 0. The minimum Gasteiger partial charge on any atom is -0.497 e. The van der Waals surface area contributed by atoms with E-state index in [1.165, 1.54) is 12.1 Å². The van der Waals surface area contributed by atoms with Crippen LogP contribution >= 0.6 is 0 Å². The minimum atomic E-state index is -0.453. The van der Waals surface area contributed by atoms with E-state index in [4.69, 9.17) is 9.47 Å². The van der Waals surface area contributed by atoms with Crippen LogP contribution in [0.4, 0.5) is 4.39 Å². The zero-order valence-electron chi connectivity index (χ0n) is 16.9. The second kappa shape index (κ2) is 8.41. The molecule has 4 nitrogen and oxygen atoms in total. The average molecular weight is 403 g/mol. The van der Waals surface area contributed by atoms with Crippen molar-refractivity contribution in [1.29, 1.82) is 0 Å². The van der Waals surface area contributed by atoms with Crippen LogP contribution in [0.15, 0.2) is 66.7 Å². The van der Waals surface area contributed by atoms with Crippen LogP contribution in [0, 0.1) is 5.82 Å². The van der Waals surface area contributed by atoms with Crippen molar-refractivity contribution in [1.82, 2.24) is 4.98 Å². The maximum atomic E-state index is 14.7. The van der Waals surface area contributed by atoms with Crippen molar-refractivity contribution in [3.05, 3.63) is 89.2 Å². The van der Waals surface area contributed by atoms with Crippen molar-refractivity contribution >= 4 is 16.9 Å². The van der Waals surface area contributed by atoms with E-state index in [9.17, 15) is 9.18 Å². The molecule has 30 heavy (non-hydrogen) atoms. The number of ether oxygens (including phenoxy) is 2. The Morgan fingerprint density at radius 1 is 1.03 bits per heavy atom. The van der Waals surface area contributed by atoms with E-state index in [-0.39, 0.29) is 12.4 Å². The molecule has 0 saturated heterocycles. The average Bonchev–Trinajstić information content (AvgIpc) is 3.13. The number of hydrogen-bond donors (Lipinski definition) is 1. The predicted octanol–water partition coefficient (Wildman–Crippen LogP) is 5.75. The predicted molar refractivity (Wildman–Crippen MR) is 115 cm³/mol. The number of carbonyl (C=O) groups excluding carboxylic acids is 1. The highest BCUT2D eigenvalue weighted by atomic mass is 19.1. The molecule has 4 rings (SSSR count). The van der Waals surface area contributed by atoms with E-state index in [1.54, 1.807) is 20.1 Å². The fraction of sp³-hybridized carbons (Fsp3) is 0.160. The molecule has 1 heterocycles. The van der Waals surface area contributed by atoms with Gasteiger partial charge in [0.1, 0.15) is 11.6 Å². The topological polar surface area (TPSA) is 51.3 Å². The van der Waals surface area contributed by atoms with Crippen LogP contribution in [0.1, 0.15) is 28.4 Å². The number of aromatic amines is 1. The minimum absolute atomic E-state index is 0.272. The number of benzene rings is 3. The fourth-order valence-electron chi connectivity index (χ4n) is 3.64. The maximum absolute atomic E-state index is 14.7. The second-order valence-corrected chi connectivity index (χ2v) is 6.96. The molecular weight excluding hydrogens is 381 g/mol. The van der Waals surface area contributed by atoms with Crippen molar-refractivity contribution in [3.63, 3.8) is 0 Å². The number of aromatic nitrogens is 1. The zero-order valence-corrected chi connectivity index (χ0v) is 16.9. The molecule has 0 fully saturated rings. The zero-order chi connectivity index (χ0) is 21.1. The Morgan fingerprint density at radius 3 is 2.57 bits per heavy atom. The van der Waals surface area contributed by atoms with E-state index in [2.05, 4.69) is 4.98 Å². The number of H-pyrrole nitrogens is 1. The third-order valence-electron chi connectivity index (χ3n) is 5.10. The first kappa shape index (κ1) is 19.7. The van der Waals surface area contributed by atoms with Gasteiger partial charge in [-0.2, -0.15) is 0 Å². The number of methoxy groups -OCH3 is 1. The van der Waals surface area contributed by atoms with Gasteiger partial charge >= 0.3 is 5.97 Å². The van der Waals surface area contributed by atoms with Gasteiger partial charge in [0.05, 0.1) is 25.0 Å². The summed E-state index contributed by atoms with van der Waals surface area (Å²) in [5.74, 6) is -0.0685. The first-order valence-electron chi connectivity index (χ1n) is 9.80. The fourth-order valence-corrected chi connectivity index (χ4v) is 3.64. The highest BCUT2D eigenvalue weighted by Crippen LogP contribution is 2.34. The number of halogens is 1. The van der Waals surface area contributed by atoms with Crippen LogP contribution in [0.5, 0.6) is 5.75 Å². The van der Waals surface area contributed by atoms with Gasteiger partial charge in [-0.15, -0.1) is 0 Å². The van der Waals surface area contributed by atoms with Crippen molar-refractivity contribution in [3.8, 4) is 17.0 Å². The highest BCUT2D eigenvalue weighted by Gasteiger charge is 2.17. The number of nitrogens with one attached hydrogen (secondary N) is 1. The van der Waals surface area contributed by atoms with Crippen LogP contribution in [0.25, 0.3) is 22.2 Å². The summed E-state index contributed by atoms with van der Waals surface area (Å²) in [6.07, 6.45) is 0.329.